The van der Waals surface area contributed by atoms with Crippen molar-refractivity contribution in [3.05, 3.63) is 60.3 Å². The highest BCUT2D eigenvalue weighted by molar-refractivity contribution is 5.94. The van der Waals surface area contributed by atoms with Crippen LogP contribution in [0.2, 0.25) is 0 Å². The molecule has 0 aliphatic carbocycles. The van der Waals surface area contributed by atoms with Gasteiger partial charge in [-0.3, -0.25) is 9.48 Å². The molecule has 2 N–H and O–H groups in total. The lowest BCUT2D eigenvalue weighted by Crippen LogP contribution is -2.43. The Bertz CT molecular complexity index is 1090. The minimum Gasteiger partial charge on any atom is -0.361 e. The highest BCUT2D eigenvalue weighted by Crippen LogP contribution is 2.41. The summed E-state index contributed by atoms with van der Waals surface area (Å²) in [5.41, 5.74) is 3.78. The van der Waals surface area contributed by atoms with Gasteiger partial charge in [0.1, 0.15) is 0 Å². The minimum atomic E-state index is -0.396. The van der Waals surface area contributed by atoms with E-state index in [9.17, 15) is 9.18 Å². The number of anilines is 2. The molecule has 4 rings (SSSR count). The fourth-order valence-corrected chi connectivity index (χ4v) is 4.18. The predicted octanol–water partition coefficient (Wildman–Crippen LogP) is 4.02. The molecule has 7 nitrogen and oxygen atoms in total. The molecule has 9 heteroatoms. The van der Waals surface area contributed by atoms with Crippen LogP contribution in [-0.4, -0.2) is 40.3 Å². The summed E-state index contributed by atoms with van der Waals surface area (Å²) in [5, 5.41) is 10.8. The fourth-order valence-electron chi connectivity index (χ4n) is 4.18. The van der Waals surface area contributed by atoms with E-state index in [2.05, 4.69) is 26.8 Å². The van der Waals surface area contributed by atoms with Crippen LogP contribution in [0.15, 0.2) is 48.9 Å². The largest absolute Gasteiger partial charge is 0.361 e. The molecular formula is C23H28ClFN6O. The molecule has 170 valence electrons. The first-order valence-corrected chi connectivity index (χ1v) is 10.5. The van der Waals surface area contributed by atoms with Gasteiger partial charge in [-0.15, -0.1) is 12.4 Å². The van der Waals surface area contributed by atoms with Crippen LogP contribution >= 0.6 is 12.4 Å². The van der Waals surface area contributed by atoms with Gasteiger partial charge in [-0.2, -0.15) is 5.10 Å². The summed E-state index contributed by atoms with van der Waals surface area (Å²) in [6.45, 7) is 5.19. The summed E-state index contributed by atoms with van der Waals surface area (Å²) in [4.78, 5) is 18.3. The summed E-state index contributed by atoms with van der Waals surface area (Å²) in [5.74, 6) is -0.191. The van der Waals surface area contributed by atoms with Gasteiger partial charge in [-0.25, -0.2) is 9.37 Å². The number of amides is 1. The molecule has 0 saturated carbocycles. The summed E-state index contributed by atoms with van der Waals surface area (Å²) in [6, 6.07) is 8.80. The zero-order chi connectivity index (χ0) is 22.0. The Morgan fingerprint density at radius 3 is 2.81 bits per heavy atom. The summed E-state index contributed by atoms with van der Waals surface area (Å²) in [6.07, 6.45) is 6.06. The smallest absolute Gasteiger partial charge is 0.224 e. The Balaban J connectivity index is 0.00000289. The molecule has 2 atom stereocenters. The lowest BCUT2D eigenvalue weighted by atomic mass is 9.89. The van der Waals surface area contributed by atoms with E-state index in [1.165, 1.54) is 6.07 Å². The molecule has 1 aliphatic heterocycles. The van der Waals surface area contributed by atoms with Gasteiger partial charge < -0.3 is 15.5 Å². The Morgan fingerprint density at radius 2 is 2.09 bits per heavy atom. The quantitative estimate of drug-likeness (QED) is 0.583. The van der Waals surface area contributed by atoms with Crippen molar-refractivity contribution in [3.8, 4) is 11.1 Å². The molecule has 0 saturated heterocycles. The summed E-state index contributed by atoms with van der Waals surface area (Å²) >= 11 is 0. The number of carbonyl (C=O) groups excluding carboxylic acids is 1. The van der Waals surface area contributed by atoms with Gasteiger partial charge in [0.2, 0.25) is 5.91 Å². The number of fused-ring (bicyclic) bond motifs is 1. The highest BCUT2D eigenvalue weighted by atomic mass is 35.5. The van der Waals surface area contributed by atoms with Gasteiger partial charge in [-0.1, -0.05) is 6.07 Å². The van der Waals surface area contributed by atoms with Gasteiger partial charge in [0.05, 0.1) is 18.8 Å². The molecule has 0 spiro atoms. The highest BCUT2D eigenvalue weighted by Gasteiger charge is 2.33. The number of hydrogen-bond donors (Lipinski definition) is 2. The summed E-state index contributed by atoms with van der Waals surface area (Å²) < 4.78 is 16.2. The normalized spacial score (nSPS) is 17.4. The van der Waals surface area contributed by atoms with Crippen molar-refractivity contribution >= 4 is 29.8 Å². The van der Waals surface area contributed by atoms with Crippen molar-refractivity contribution in [1.29, 1.82) is 0 Å². The van der Waals surface area contributed by atoms with E-state index in [4.69, 9.17) is 0 Å². The standard InChI is InChI=1S/C23H27FN6O.ClH/c1-15-11-21(28-23-20(24)5-4-8-26-23)19-12-17(6-7-22(19)30(15)16(2)31)18-13-27-29(14-18)10-9-25-3;/h4-8,12-15,21,25H,9-11H2,1-3H3,(H,26,28);1H/t15-,21+;/m0./s1. The Labute approximate surface area is 193 Å². The van der Waals surface area contributed by atoms with E-state index in [-0.39, 0.29) is 36.2 Å². The first-order chi connectivity index (χ1) is 15.0. The first kappa shape index (κ1) is 23.7. The molecule has 0 fully saturated rings. The molecule has 1 amide bonds. The SMILES string of the molecule is CNCCn1cc(-c2ccc3c(c2)[C@H](Nc2ncccc2F)C[C@H](C)N3C(C)=O)cn1.Cl. The van der Waals surface area contributed by atoms with Crippen LogP contribution in [-0.2, 0) is 11.3 Å². The van der Waals surface area contributed by atoms with Crippen LogP contribution in [0, 0.1) is 5.82 Å². The van der Waals surface area contributed by atoms with Gasteiger partial charge in [0.25, 0.3) is 0 Å². The monoisotopic (exact) mass is 458 g/mol. The lowest BCUT2D eigenvalue weighted by molar-refractivity contribution is -0.117. The zero-order valence-electron chi connectivity index (χ0n) is 18.4. The number of nitrogens with zero attached hydrogens (tertiary/aromatic N) is 4. The van der Waals surface area contributed by atoms with Crippen LogP contribution in [0.5, 0.6) is 0 Å². The maximum Gasteiger partial charge on any atom is 0.224 e. The molecule has 1 aliphatic rings. The van der Waals surface area contributed by atoms with Crippen LogP contribution < -0.4 is 15.5 Å². The van der Waals surface area contributed by atoms with Gasteiger partial charge >= 0.3 is 0 Å². The van der Waals surface area contributed by atoms with Crippen LogP contribution in [0.25, 0.3) is 11.1 Å². The number of benzene rings is 1. The molecule has 3 heterocycles. The van der Waals surface area contributed by atoms with E-state index in [1.807, 2.05) is 48.1 Å². The Hall–Kier alpha value is -2.97. The van der Waals surface area contributed by atoms with Crippen LogP contribution in [0.1, 0.15) is 31.9 Å². The second kappa shape index (κ2) is 10.1. The van der Waals surface area contributed by atoms with Crippen molar-refractivity contribution < 1.29 is 9.18 Å². The van der Waals surface area contributed by atoms with Crippen LogP contribution in [0.3, 0.4) is 0 Å². The molecule has 0 unspecified atom stereocenters. The van der Waals surface area contributed by atoms with Crippen LogP contribution in [0.4, 0.5) is 15.9 Å². The molecular weight excluding hydrogens is 431 g/mol. The van der Waals surface area contributed by atoms with Crippen molar-refractivity contribution in [2.75, 3.05) is 23.8 Å². The molecule has 2 aromatic heterocycles. The topological polar surface area (TPSA) is 75.1 Å². The number of halogens is 2. The second-order valence-electron chi connectivity index (χ2n) is 7.87. The number of carbonyl (C=O) groups is 1. The summed E-state index contributed by atoms with van der Waals surface area (Å²) in [7, 11) is 1.91. The zero-order valence-corrected chi connectivity index (χ0v) is 19.2. The number of likely N-dealkylation sites (N-methyl/N-ethyl adjacent to an activating group) is 1. The number of hydrogen-bond acceptors (Lipinski definition) is 5. The number of rotatable bonds is 6. The Morgan fingerprint density at radius 1 is 1.28 bits per heavy atom. The van der Waals surface area contributed by atoms with E-state index in [0.717, 1.165) is 35.5 Å². The number of aromatic nitrogens is 3. The molecule has 0 bridgehead atoms. The van der Waals surface area contributed by atoms with Crippen molar-refractivity contribution in [3.63, 3.8) is 0 Å². The second-order valence-corrected chi connectivity index (χ2v) is 7.87. The van der Waals surface area contributed by atoms with E-state index in [0.29, 0.717) is 6.42 Å². The molecule has 1 aromatic carbocycles. The van der Waals surface area contributed by atoms with E-state index >= 15 is 0 Å². The lowest BCUT2D eigenvalue weighted by Gasteiger charge is -2.39. The fraction of sp³-hybridized carbons (Fsp3) is 0.348. The van der Waals surface area contributed by atoms with Crippen molar-refractivity contribution in [2.24, 2.45) is 0 Å². The minimum absolute atomic E-state index is 0. The van der Waals surface area contributed by atoms with Gasteiger partial charge in [-0.05, 0) is 55.8 Å². The third-order valence-corrected chi connectivity index (χ3v) is 5.65. The number of pyridine rings is 1. The average molecular weight is 459 g/mol. The molecule has 3 aromatic rings. The van der Waals surface area contributed by atoms with Gasteiger partial charge in [0.15, 0.2) is 11.6 Å². The third kappa shape index (κ3) is 4.76. The molecule has 0 radical (unpaired) electrons. The van der Waals surface area contributed by atoms with E-state index in [1.54, 1.807) is 19.2 Å². The number of nitrogens with one attached hydrogen (secondary N) is 2. The molecule has 32 heavy (non-hydrogen) atoms. The predicted molar refractivity (Wildman–Crippen MR) is 127 cm³/mol. The van der Waals surface area contributed by atoms with Crippen molar-refractivity contribution in [2.45, 2.75) is 38.9 Å². The maximum atomic E-state index is 14.3. The van der Waals surface area contributed by atoms with Crippen molar-refractivity contribution in [1.82, 2.24) is 20.1 Å². The first-order valence-electron chi connectivity index (χ1n) is 10.5. The average Bonchev–Trinajstić information content (AvgIpc) is 3.22. The maximum absolute atomic E-state index is 14.3. The Kier molecular flexibility index (Phi) is 7.48. The van der Waals surface area contributed by atoms with E-state index < -0.39 is 5.82 Å². The third-order valence-electron chi connectivity index (χ3n) is 5.65. The van der Waals surface area contributed by atoms with Gasteiger partial charge in [0, 0.05) is 43.2 Å².